The fraction of sp³-hybridized carbons (Fsp3) is 0.417. The quantitative estimate of drug-likeness (QED) is 0.786. The number of carbonyl (C=O) groups is 1. The number of aliphatic hydroxyl groups is 1. The van der Waals surface area contributed by atoms with E-state index in [4.69, 9.17) is 5.11 Å². The summed E-state index contributed by atoms with van der Waals surface area (Å²) in [7, 11) is 0. The Morgan fingerprint density at radius 3 is 2.67 bits per heavy atom. The number of hydrogen-bond acceptors (Lipinski definition) is 2. The Balaban J connectivity index is 2.73. The fourth-order valence-electron chi connectivity index (χ4n) is 1.37. The second-order valence-corrected chi connectivity index (χ2v) is 3.58. The molecule has 15 heavy (non-hydrogen) atoms. The van der Waals surface area contributed by atoms with Gasteiger partial charge in [-0.05, 0) is 25.0 Å². The molecule has 2 N–H and O–H groups in total. The Morgan fingerprint density at radius 1 is 1.47 bits per heavy atom. The lowest BCUT2D eigenvalue weighted by molar-refractivity contribution is 0.0914. The highest BCUT2D eigenvalue weighted by molar-refractivity contribution is 5.95. The molecule has 0 spiro atoms. The zero-order valence-electron chi connectivity index (χ0n) is 9.16. The van der Waals surface area contributed by atoms with Crippen molar-refractivity contribution < 1.29 is 9.90 Å². The average molecular weight is 207 g/mol. The van der Waals surface area contributed by atoms with Gasteiger partial charge in [0.1, 0.15) is 0 Å². The molecule has 1 amide bonds. The van der Waals surface area contributed by atoms with Crippen LogP contribution in [-0.4, -0.2) is 23.7 Å². The standard InChI is InChI=1S/C12H17NO2/c1-3-10(8-14)13-12(15)11-7-5-4-6-9(11)2/h4-7,10,14H,3,8H2,1-2H3,(H,13,15)/t10-/m1/s1. The van der Waals surface area contributed by atoms with Crippen LogP contribution in [0, 0.1) is 6.92 Å². The van der Waals surface area contributed by atoms with E-state index >= 15 is 0 Å². The van der Waals surface area contributed by atoms with Gasteiger partial charge < -0.3 is 10.4 Å². The molecule has 0 saturated carbocycles. The predicted molar refractivity (Wildman–Crippen MR) is 59.8 cm³/mol. The first-order valence-electron chi connectivity index (χ1n) is 5.16. The molecule has 3 heteroatoms. The lowest BCUT2D eigenvalue weighted by Crippen LogP contribution is -2.37. The lowest BCUT2D eigenvalue weighted by atomic mass is 10.1. The lowest BCUT2D eigenvalue weighted by Gasteiger charge is -2.14. The molecule has 0 heterocycles. The van der Waals surface area contributed by atoms with Crippen LogP contribution in [0.1, 0.15) is 29.3 Å². The molecule has 0 aromatic heterocycles. The van der Waals surface area contributed by atoms with Crippen LogP contribution in [0.25, 0.3) is 0 Å². The molecule has 0 radical (unpaired) electrons. The molecule has 0 saturated heterocycles. The van der Waals surface area contributed by atoms with Gasteiger partial charge in [0, 0.05) is 5.56 Å². The first-order valence-corrected chi connectivity index (χ1v) is 5.16. The summed E-state index contributed by atoms with van der Waals surface area (Å²) in [6.07, 6.45) is 0.730. The highest BCUT2D eigenvalue weighted by Gasteiger charge is 2.12. The first-order chi connectivity index (χ1) is 7.19. The van der Waals surface area contributed by atoms with E-state index in [-0.39, 0.29) is 18.6 Å². The van der Waals surface area contributed by atoms with Crippen molar-refractivity contribution in [1.29, 1.82) is 0 Å². The van der Waals surface area contributed by atoms with E-state index in [1.807, 2.05) is 32.0 Å². The van der Waals surface area contributed by atoms with E-state index in [1.165, 1.54) is 0 Å². The number of hydrogen-bond donors (Lipinski definition) is 2. The molecule has 3 nitrogen and oxygen atoms in total. The summed E-state index contributed by atoms with van der Waals surface area (Å²) in [5, 5.41) is 11.8. The fourth-order valence-corrected chi connectivity index (χ4v) is 1.37. The number of aliphatic hydroxyl groups excluding tert-OH is 1. The Hall–Kier alpha value is -1.35. The van der Waals surface area contributed by atoms with Crippen molar-refractivity contribution >= 4 is 5.91 Å². The van der Waals surface area contributed by atoms with Gasteiger partial charge in [-0.15, -0.1) is 0 Å². The highest BCUT2D eigenvalue weighted by Crippen LogP contribution is 2.07. The Bertz CT molecular complexity index is 332. The Labute approximate surface area is 90.1 Å². The number of aryl methyl sites for hydroxylation is 1. The molecule has 0 aliphatic heterocycles. The van der Waals surface area contributed by atoms with Crippen LogP contribution in [0.4, 0.5) is 0 Å². The zero-order valence-corrected chi connectivity index (χ0v) is 9.16. The van der Waals surface area contributed by atoms with Crippen molar-refractivity contribution in [3.8, 4) is 0 Å². The monoisotopic (exact) mass is 207 g/mol. The topological polar surface area (TPSA) is 49.3 Å². The third-order valence-electron chi connectivity index (χ3n) is 2.44. The number of amides is 1. The minimum absolute atomic E-state index is 0.0197. The minimum atomic E-state index is -0.155. The second kappa shape index (κ2) is 5.51. The van der Waals surface area contributed by atoms with E-state index in [2.05, 4.69) is 5.32 Å². The van der Waals surface area contributed by atoms with Gasteiger partial charge >= 0.3 is 0 Å². The van der Waals surface area contributed by atoms with Gasteiger partial charge in [0.15, 0.2) is 0 Å². The van der Waals surface area contributed by atoms with E-state index in [1.54, 1.807) is 6.07 Å². The van der Waals surface area contributed by atoms with Crippen LogP contribution < -0.4 is 5.32 Å². The molecule has 1 aromatic rings. The summed E-state index contributed by atoms with van der Waals surface area (Å²) in [5.41, 5.74) is 1.62. The molecule has 0 aliphatic rings. The maximum Gasteiger partial charge on any atom is 0.251 e. The molecular formula is C12H17NO2. The molecule has 82 valence electrons. The molecule has 0 aliphatic carbocycles. The van der Waals surface area contributed by atoms with Gasteiger partial charge in [-0.25, -0.2) is 0 Å². The van der Waals surface area contributed by atoms with Gasteiger partial charge in [-0.1, -0.05) is 25.1 Å². The van der Waals surface area contributed by atoms with Gasteiger partial charge in [0.05, 0.1) is 12.6 Å². The third kappa shape index (κ3) is 3.06. The summed E-state index contributed by atoms with van der Waals surface area (Å²) in [4.78, 5) is 11.8. The Kier molecular flexibility index (Phi) is 4.31. The third-order valence-corrected chi connectivity index (χ3v) is 2.44. The zero-order chi connectivity index (χ0) is 11.3. The maximum atomic E-state index is 11.8. The van der Waals surface area contributed by atoms with E-state index in [9.17, 15) is 4.79 Å². The molecule has 1 aromatic carbocycles. The molecule has 1 rings (SSSR count). The first kappa shape index (κ1) is 11.7. The van der Waals surface area contributed by atoms with Crippen molar-refractivity contribution in [2.45, 2.75) is 26.3 Å². The van der Waals surface area contributed by atoms with E-state index < -0.39 is 0 Å². The van der Waals surface area contributed by atoms with Crippen LogP contribution in [0.5, 0.6) is 0 Å². The maximum absolute atomic E-state index is 11.8. The Morgan fingerprint density at radius 2 is 2.13 bits per heavy atom. The average Bonchev–Trinajstić information content (AvgIpc) is 2.26. The van der Waals surface area contributed by atoms with E-state index in [0.29, 0.717) is 5.56 Å². The van der Waals surface area contributed by atoms with Crippen LogP contribution in [0.3, 0.4) is 0 Å². The molecular weight excluding hydrogens is 190 g/mol. The van der Waals surface area contributed by atoms with Crippen LogP contribution in [-0.2, 0) is 0 Å². The molecule has 1 atom stereocenters. The summed E-state index contributed by atoms with van der Waals surface area (Å²) >= 11 is 0. The second-order valence-electron chi connectivity index (χ2n) is 3.58. The van der Waals surface area contributed by atoms with Gasteiger partial charge in [-0.2, -0.15) is 0 Å². The summed E-state index contributed by atoms with van der Waals surface area (Å²) in [6.45, 7) is 3.81. The van der Waals surface area contributed by atoms with Gasteiger partial charge in [0.25, 0.3) is 5.91 Å². The van der Waals surface area contributed by atoms with Crippen molar-refractivity contribution in [2.24, 2.45) is 0 Å². The highest BCUT2D eigenvalue weighted by atomic mass is 16.3. The van der Waals surface area contributed by atoms with Crippen LogP contribution >= 0.6 is 0 Å². The van der Waals surface area contributed by atoms with Crippen molar-refractivity contribution in [1.82, 2.24) is 5.32 Å². The summed E-state index contributed by atoms with van der Waals surface area (Å²) in [5.74, 6) is -0.117. The van der Waals surface area contributed by atoms with E-state index in [0.717, 1.165) is 12.0 Å². The van der Waals surface area contributed by atoms with Crippen molar-refractivity contribution in [3.63, 3.8) is 0 Å². The minimum Gasteiger partial charge on any atom is -0.394 e. The smallest absolute Gasteiger partial charge is 0.251 e. The van der Waals surface area contributed by atoms with Gasteiger partial charge in [0.2, 0.25) is 0 Å². The number of rotatable bonds is 4. The molecule has 0 bridgehead atoms. The number of carbonyl (C=O) groups excluding carboxylic acids is 1. The van der Waals surface area contributed by atoms with Crippen LogP contribution in [0.2, 0.25) is 0 Å². The molecule has 0 unspecified atom stereocenters. The van der Waals surface area contributed by atoms with Gasteiger partial charge in [-0.3, -0.25) is 4.79 Å². The van der Waals surface area contributed by atoms with Crippen molar-refractivity contribution in [3.05, 3.63) is 35.4 Å². The van der Waals surface area contributed by atoms with Crippen LogP contribution in [0.15, 0.2) is 24.3 Å². The number of nitrogens with one attached hydrogen (secondary N) is 1. The molecule has 0 fully saturated rings. The predicted octanol–water partition coefficient (Wildman–Crippen LogP) is 1.50. The van der Waals surface area contributed by atoms with Crippen molar-refractivity contribution in [2.75, 3.05) is 6.61 Å². The summed E-state index contributed by atoms with van der Waals surface area (Å²) < 4.78 is 0. The normalized spacial score (nSPS) is 12.2. The number of benzene rings is 1. The largest absolute Gasteiger partial charge is 0.394 e. The SMILES string of the molecule is CC[C@H](CO)NC(=O)c1ccccc1C. The summed E-state index contributed by atoms with van der Waals surface area (Å²) in [6, 6.07) is 7.26.